The largest absolute Gasteiger partial charge is 0.399 e. The van der Waals surface area contributed by atoms with Crippen molar-refractivity contribution >= 4 is 23.2 Å². The predicted octanol–water partition coefficient (Wildman–Crippen LogP) is 7.45. The van der Waals surface area contributed by atoms with Crippen LogP contribution in [0.4, 0.5) is 11.4 Å². The summed E-state index contributed by atoms with van der Waals surface area (Å²) >= 11 is 0. The summed E-state index contributed by atoms with van der Waals surface area (Å²) in [4.78, 5) is 28.7. The van der Waals surface area contributed by atoms with Crippen molar-refractivity contribution in [3.8, 4) is 0 Å². The fourth-order valence-electron chi connectivity index (χ4n) is 10.3. The Labute approximate surface area is 252 Å². The van der Waals surface area contributed by atoms with Gasteiger partial charge in [-0.1, -0.05) is 52.7 Å². The van der Waals surface area contributed by atoms with Crippen LogP contribution in [0.5, 0.6) is 0 Å². The monoisotopic (exact) mass is 569 g/mol. The van der Waals surface area contributed by atoms with Gasteiger partial charge in [0.2, 0.25) is 11.8 Å². The number of nitrogen functional groups attached to an aromatic ring is 1. The lowest BCUT2D eigenvalue weighted by molar-refractivity contribution is -0.150. The van der Waals surface area contributed by atoms with Crippen LogP contribution in [0.1, 0.15) is 115 Å². The Morgan fingerprint density at radius 2 is 1.26 bits per heavy atom. The van der Waals surface area contributed by atoms with E-state index in [2.05, 4.69) is 82.5 Å². The molecule has 4 aliphatic rings. The molecular weight excluding hydrogens is 518 g/mol. The van der Waals surface area contributed by atoms with Crippen molar-refractivity contribution in [2.45, 2.75) is 123 Å². The molecule has 2 aromatic rings. The summed E-state index contributed by atoms with van der Waals surface area (Å²) in [7, 11) is 0. The predicted molar refractivity (Wildman–Crippen MR) is 171 cm³/mol. The van der Waals surface area contributed by atoms with Crippen LogP contribution >= 0.6 is 0 Å². The molecule has 2 amide bonds. The lowest BCUT2D eigenvalue weighted by atomic mass is 9.49. The fourth-order valence-corrected chi connectivity index (χ4v) is 10.3. The van der Waals surface area contributed by atoms with Crippen LogP contribution in [0, 0.1) is 22.7 Å². The minimum atomic E-state index is -0.587. The highest BCUT2D eigenvalue weighted by Gasteiger charge is 2.58. The first-order valence-corrected chi connectivity index (χ1v) is 16.5. The molecule has 4 N–H and O–H groups in total. The van der Waals surface area contributed by atoms with Crippen LogP contribution in [-0.4, -0.2) is 17.9 Å². The minimum absolute atomic E-state index is 0.0581. The molecular formula is C37H51N3O2. The maximum atomic E-state index is 14.4. The average molecular weight is 570 g/mol. The molecule has 0 bridgehead atoms. The average Bonchev–Trinajstić information content (AvgIpc) is 2.93. The normalized spacial score (nSPS) is 35.3. The summed E-state index contributed by atoms with van der Waals surface area (Å²) in [5.74, 6) is 0.252. The van der Waals surface area contributed by atoms with Gasteiger partial charge < -0.3 is 11.1 Å². The maximum absolute atomic E-state index is 14.4. The summed E-state index contributed by atoms with van der Waals surface area (Å²) in [5, 5.41) is 6.66. The van der Waals surface area contributed by atoms with Crippen LogP contribution in [-0.2, 0) is 33.3 Å². The molecule has 0 aromatic heterocycles. The first-order chi connectivity index (χ1) is 19.8. The molecule has 5 nitrogen and oxygen atoms in total. The number of nitrogens with two attached hydrogens (primary N) is 1. The van der Waals surface area contributed by atoms with Crippen molar-refractivity contribution in [3.05, 3.63) is 58.7 Å². The van der Waals surface area contributed by atoms with E-state index < -0.39 is 10.8 Å². The minimum Gasteiger partial charge on any atom is -0.399 e. The van der Waals surface area contributed by atoms with Crippen molar-refractivity contribution in [2.24, 2.45) is 22.7 Å². The zero-order valence-electron chi connectivity index (χ0n) is 26.7. The second kappa shape index (κ2) is 10.1. The molecule has 5 heteroatoms. The molecule has 0 aliphatic heterocycles. The first kappa shape index (κ1) is 29.3. The van der Waals surface area contributed by atoms with Crippen molar-refractivity contribution < 1.29 is 9.59 Å². The van der Waals surface area contributed by atoms with Gasteiger partial charge in [0.25, 0.3) is 0 Å². The Balaban J connectivity index is 1.27. The Bertz CT molecular complexity index is 1420. The van der Waals surface area contributed by atoms with E-state index in [9.17, 15) is 9.59 Å². The second-order valence-corrected chi connectivity index (χ2v) is 15.4. The zero-order valence-corrected chi connectivity index (χ0v) is 26.7. The summed E-state index contributed by atoms with van der Waals surface area (Å²) in [6, 6.07) is 13.5. The number of hydrogen-bond acceptors (Lipinski definition) is 4. The van der Waals surface area contributed by atoms with Crippen molar-refractivity contribution in [2.75, 3.05) is 11.1 Å². The molecule has 226 valence electrons. The van der Waals surface area contributed by atoms with Gasteiger partial charge in [0.15, 0.2) is 0 Å². The third kappa shape index (κ3) is 4.40. The highest BCUT2D eigenvalue weighted by atomic mass is 16.2. The van der Waals surface area contributed by atoms with E-state index in [0.29, 0.717) is 6.04 Å². The van der Waals surface area contributed by atoms with E-state index in [-0.39, 0.29) is 34.5 Å². The number of benzene rings is 2. The molecule has 6 rings (SSSR count). The van der Waals surface area contributed by atoms with E-state index in [0.717, 1.165) is 75.6 Å². The number of imide groups is 1. The molecule has 0 radical (unpaired) electrons. The molecule has 2 aromatic carbocycles. The molecule has 2 saturated carbocycles. The highest BCUT2D eigenvalue weighted by molar-refractivity contribution is 6.00. The lowest BCUT2D eigenvalue weighted by Crippen LogP contribution is -2.60. The van der Waals surface area contributed by atoms with Gasteiger partial charge in [-0.25, -0.2) is 0 Å². The quantitative estimate of drug-likeness (QED) is 0.264. The number of fused-ring (bicyclic) bond motifs is 6. The van der Waals surface area contributed by atoms with Crippen LogP contribution < -0.4 is 16.4 Å². The van der Waals surface area contributed by atoms with E-state index in [1.54, 1.807) is 0 Å². The molecule has 2 fully saturated rings. The number of carbonyl (C=O) groups is 2. The van der Waals surface area contributed by atoms with E-state index in [4.69, 9.17) is 5.73 Å². The number of hydrogen-bond donors (Lipinski definition) is 3. The second-order valence-electron chi connectivity index (χ2n) is 15.4. The molecule has 6 atom stereocenters. The van der Waals surface area contributed by atoms with E-state index >= 15 is 0 Å². The number of aryl methyl sites for hydroxylation is 2. The van der Waals surface area contributed by atoms with Gasteiger partial charge in [0.05, 0.1) is 10.8 Å². The summed E-state index contributed by atoms with van der Waals surface area (Å²) in [6.07, 6.45) is 9.62. The smallest absolute Gasteiger partial charge is 0.232 e. The Morgan fingerprint density at radius 3 is 1.79 bits per heavy atom. The molecule has 0 spiro atoms. The van der Waals surface area contributed by atoms with Gasteiger partial charge >= 0.3 is 0 Å². The Kier molecular flexibility index (Phi) is 7.06. The zero-order chi connectivity index (χ0) is 30.1. The van der Waals surface area contributed by atoms with Gasteiger partial charge in [0.1, 0.15) is 0 Å². The molecule has 0 saturated heterocycles. The number of anilines is 2. The fraction of sp³-hybridized carbons (Fsp3) is 0.622. The van der Waals surface area contributed by atoms with Crippen molar-refractivity contribution in [1.29, 1.82) is 0 Å². The number of amides is 2. The third-order valence-electron chi connectivity index (χ3n) is 12.5. The van der Waals surface area contributed by atoms with Crippen LogP contribution in [0.25, 0.3) is 0 Å². The highest BCUT2D eigenvalue weighted by Crippen LogP contribution is 2.59. The topological polar surface area (TPSA) is 84.2 Å². The number of nitrogens with one attached hydrogen (secondary N) is 2. The number of rotatable bonds is 4. The first-order valence-electron chi connectivity index (χ1n) is 16.5. The Hall–Kier alpha value is -2.82. The van der Waals surface area contributed by atoms with E-state index in [1.165, 1.54) is 22.3 Å². The van der Waals surface area contributed by atoms with Gasteiger partial charge in [-0.2, -0.15) is 0 Å². The lowest BCUT2D eigenvalue weighted by Gasteiger charge is -2.56. The SMILES string of the molecule is CC(C)Nc1ccc2c(c1)[C@@]1(C)CCC[C@](C)(C(=O)NC(=O)[C@@]3(C)CCC[C@]4(C)c5cc(N)ccc5CC[C@@H]34)[C@@H]1CC2. The molecule has 42 heavy (non-hydrogen) atoms. The maximum Gasteiger partial charge on any atom is 0.232 e. The van der Waals surface area contributed by atoms with Crippen LogP contribution in [0.15, 0.2) is 36.4 Å². The summed E-state index contributed by atoms with van der Waals surface area (Å²) in [6.45, 7) is 13.3. The third-order valence-corrected chi connectivity index (χ3v) is 12.5. The van der Waals surface area contributed by atoms with Crippen LogP contribution in [0.2, 0.25) is 0 Å². The molecule has 4 aliphatic carbocycles. The van der Waals surface area contributed by atoms with Crippen molar-refractivity contribution in [1.82, 2.24) is 5.32 Å². The van der Waals surface area contributed by atoms with E-state index in [1.807, 2.05) is 6.07 Å². The summed E-state index contributed by atoms with van der Waals surface area (Å²) in [5.41, 5.74) is 12.3. The Morgan fingerprint density at radius 1 is 0.762 bits per heavy atom. The number of carbonyl (C=O) groups excluding carboxylic acids is 2. The van der Waals surface area contributed by atoms with Gasteiger partial charge in [-0.15, -0.1) is 0 Å². The standard InChI is InChI=1S/C37H51N3O2/c1-23(2)39-27-14-10-25-12-16-31-35(4,29(25)22-27)18-8-20-37(31,6)33(42)40-32(41)36(5)19-7-17-34(3)28-21-26(38)13-9-24(28)11-15-30(34)36/h9-10,13-14,21-23,30-31,39H,7-8,11-12,15-20,38H2,1-6H3,(H,40,41,42)/t30-,31-,34-,35-,36+,37+/m1/s1. The van der Waals surface area contributed by atoms with Gasteiger partial charge in [-0.05, 0) is 134 Å². The van der Waals surface area contributed by atoms with Crippen molar-refractivity contribution in [3.63, 3.8) is 0 Å². The molecule has 0 heterocycles. The van der Waals surface area contributed by atoms with Crippen LogP contribution in [0.3, 0.4) is 0 Å². The van der Waals surface area contributed by atoms with Gasteiger partial charge in [-0.3, -0.25) is 14.9 Å². The van der Waals surface area contributed by atoms with Gasteiger partial charge in [0, 0.05) is 17.4 Å². The summed E-state index contributed by atoms with van der Waals surface area (Å²) < 4.78 is 0. The molecule has 0 unspecified atom stereocenters.